The number of alkyl halides is 3. The van der Waals surface area contributed by atoms with Gasteiger partial charge in [-0.2, -0.15) is 24.9 Å². The van der Waals surface area contributed by atoms with E-state index < -0.39 is 11.7 Å². The number of nitrogens with two attached hydrogens (primary N) is 1. The molecule has 2 aromatic heterocycles. The topological polar surface area (TPSA) is 80.4 Å². The molecule has 5 heterocycles. The van der Waals surface area contributed by atoms with Crippen molar-refractivity contribution < 1.29 is 17.9 Å². The minimum absolute atomic E-state index is 0.0361. The van der Waals surface area contributed by atoms with Gasteiger partial charge in [-0.3, -0.25) is 0 Å². The van der Waals surface area contributed by atoms with Crippen LogP contribution < -0.4 is 15.5 Å². The lowest BCUT2D eigenvalue weighted by Crippen LogP contribution is -2.39. The van der Waals surface area contributed by atoms with Gasteiger partial charge >= 0.3 is 6.18 Å². The molecule has 2 fully saturated rings. The fourth-order valence-corrected chi connectivity index (χ4v) is 5.32. The zero-order valence-corrected chi connectivity index (χ0v) is 17.0. The van der Waals surface area contributed by atoms with Crippen molar-refractivity contribution in [3.05, 3.63) is 23.4 Å². The Bertz CT molecular complexity index is 966. The summed E-state index contributed by atoms with van der Waals surface area (Å²) in [6.45, 7) is 3.25. The quantitative estimate of drug-likeness (QED) is 0.766. The van der Waals surface area contributed by atoms with E-state index in [1.165, 1.54) is 0 Å². The molecule has 30 heavy (non-hydrogen) atoms. The van der Waals surface area contributed by atoms with Crippen LogP contribution in [0.2, 0.25) is 0 Å². The summed E-state index contributed by atoms with van der Waals surface area (Å²) in [4.78, 5) is 17.5. The number of anilines is 3. The van der Waals surface area contributed by atoms with Crippen molar-refractivity contribution in [2.24, 2.45) is 0 Å². The summed E-state index contributed by atoms with van der Waals surface area (Å²) in [5, 5.41) is 0. The summed E-state index contributed by atoms with van der Waals surface area (Å²) in [5.74, 6) is 3.26. The molecule has 0 spiro atoms. The Morgan fingerprint density at radius 1 is 1.13 bits per heavy atom. The number of fused-ring (bicyclic) bond motifs is 3. The molecule has 0 bridgehead atoms. The van der Waals surface area contributed by atoms with Crippen LogP contribution in [-0.4, -0.2) is 65.3 Å². The van der Waals surface area contributed by atoms with Crippen LogP contribution in [0.1, 0.15) is 11.1 Å². The second-order valence-electron chi connectivity index (χ2n) is 7.55. The summed E-state index contributed by atoms with van der Waals surface area (Å²) in [6.07, 6.45) is -2.65. The molecule has 0 radical (unpaired) electrons. The van der Waals surface area contributed by atoms with Crippen molar-refractivity contribution in [2.75, 3.05) is 59.9 Å². The number of nitrogen functional groups attached to an aromatic ring is 1. The number of ether oxygens (including phenoxy) is 1. The fraction of sp³-hybridized carbons (Fsp3) is 0.526. The van der Waals surface area contributed by atoms with E-state index in [0.717, 1.165) is 48.1 Å². The van der Waals surface area contributed by atoms with Crippen LogP contribution in [-0.2, 0) is 17.3 Å². The van der Waals surface area contributed by atoms with E-state index >= 15 is 0 Å². The monoisotopic (exact) mass is 438 g/mol. The van der Waals surface area contributed by atoms with Gasteiger partial charge in [-0.25, -0.2) is 15.0 Å². The molecule has 11 heteroatoms. The van der Waals surface area contributed by atoms with Crippen molar-refractivity contribution in [1.29, 1.82) is 0 Å². The van der Waals surface area contributed by atoms with E-state index in [2.05, 4.69) is 24.8 Å². The maximum atomic E-state index is 13.7. The fourth-order valence-electron chi connectivity index (χ4n) is 4.26. The number of halogens is 3. The van der Waals surface area contributed by atoms with Gasteiger partial charge in [0.2, 0.25) is 0 Å². The van der Waals surface area contributed by atoms with Crippen LogP contribution in [0.4, 0.5) is 30.6 Å². The summed E-state index contributed by atoms with van der Waals surface area (Å²) in [5.41, 5.74) is 5.54. The lowest BCUT2D eigenvalue weighted by Gasteiger charge is -2.31. The normalized spacial score (nSPS) is 21.5. The molecule has 5 rings (SSSR count). The molecule has 3 aliphatic rings. The lowest BCUT2D eigenvalue weighted by atomic mass is 10.1. The summed E-state index contributed by atoms with van der Waals surface area (Å²) in [6, 6.07) is 1.15. The molecule has 2 N–H and O–H groups in total. The maximum absolute atomic E-state index is 13.7. The maximum Gasteiger partial charge on any atom is 0.417 e. The van der Waals surface area contributed by atoms with Crippen molar-refractivity contribution in [3.63, 3.8) is 0 Å². The van der Waals surface area contributed by atoms with Gasteiger partial charge in [-0.1, -0.05) is 0 Å². The molecule has 0 saturated carbocycles. The van der Waals surface area contributed by atoms with Gasteiger partial charge in [0.25, 0.3) is 0 Å². The third-order valence-corrected chi connectivity index (χ3v) is 6.78. The average Bonchev–Trinajstić information content (AvgIpc) is 3.12. The number of rotatable bonds is 2. The largest absolute Gasteiger partial charge is 0.417 e. The Labute approximate surface area is 175 Å². The average molecular weight is 438 g/mol. The van der Waals surface area contributed by atoms with Crippen LogP contribution >= 0.6 is 11.8 Å². The Morgan fingerprint density at radius 3 is 2.67 bits per heavy atom. The number of hydrogen-bond donors (Lipinski definition) is 1. The zero-order valence-electron chi connectivity index (χ0n) is 16.2. The van der Waals surface area contributed by atoms with E-state index in [-0.39, 0.29) is 17.2 Å². The van der Waals surface area contributed by atoms with E-state index in [1.807, 2.05) is 11.8 Å². The minimum atomic E-state index is -4.59. The number of aromatic nitrogens is 3. The number of pyridine rings is 1. The van der Waals surface area contributed by atoms with Crippen LogP contribution in [0.15, 0.2) is 12.3 Å². The second-order valence-corrected chi connectivity index (χ2v) is 8.70. The van der Waals surface area contributed by atoms with Gasteiger partial charge in [0, 0.05) is 55.4 Å². The highest BCUT2D eigenvalue weighted by molar-refractivity contribution is 7.99. The van der Waals surface area contributed by atoms with E-state index in [1.54, 1.807) is 0 Å². The molecule has 1 atom stereocenters. The number of morpholine rings is 1. The van der Waals surface area contributed by atoms with Crippen LogP contribution in [0.25, 0.3) is 11.4 Å². The van der Waals surface area contributed by atoms with Crippen LogP contribution in [0.5, 0.6) is 0 Å². The number of hydrogen-bond acceptors (Lipinski definition) is 8. The first-order valence-corrected chi connectivity index (χ1v) is 11.0. The van der Waals surface area contributed by atoms with Gasteiger partial charge < -0.3 is 20.3 Å². The first-order valence-electron chi connectivity index (χ1n) is 9.83. The van der Waals surface area contributed by atoms with Gasteiger partial charge in [0.05, 0.1) is 24.3 Å². The summed E-state index contributed by atoms with van der Waals surface area (Å²) < 4.78 is 46.7. The van der Waals surface area contributed by atoms with Gasteiger partial charge in [-0.05, 0) is 6.07 Å². The smallest absolute Gasteiger partial charge is 0.384 e. The van der Waals surface area contributed by atoms with Crippen molar-refractivity contribution in [1.82, 2.24) is 15.0 Å². The number of thioether (sulfide) groups is 1. The third kappa shape index (κ3) is 3.43. The molecule has 0 aliphatic carbocycles. The minimum Gasteiger partial charge on any atom is -0.384 e. The van der Waals surface area contributed by atoms with Crippen LogP contribution in [0, 0.1) is 0 Å². The first kappa shape index (κ1) is 19.7. The standard InChI is InChI=1S/C19H21F3N6OS/c20-19(21,22)14-8-15(23)24-9-13(14)16-25-17(27-1-4-29-5-2-27)12-7-11-10-30-6-3-28(11)18(12)26-16/h8-9,11H,1-7,10H2,(H2,23,24)/t11-/m1/s1. The van der Waals surface area contributed by atoms with Crippen molar-refractivity contribution >= 4 is 29.2 Å². The first-order chi connectivity index (χ1) is 14.4. The lowest BCUT2D eigenvalue weighted by molar-refractivity contribution is -0.137. The summed E-state index contributed by atoms with van der Waals surface area (Å²) in [7, 11) is 0. The molecule has 160 valence electrons. The molecule has 3 aliphatic heterocycles. The number of nitrogens with zero attached hydrogens (tertiary/aromatic N) is 5. The van der Waals surface area contributed by atoms with E-state index in [9.17, 15) is 13.2 Å². The second kappa shape index (κ2) is 7.45. The van der Waals surface area contributed by atoms with Gasteiger partial charge in [0.1, 0.15) is 17.5 Å². The molecular formula is C19H21F3N6OS. The van der Waals surface area contributed by atoms with Gasteiger partial charge in [-0.15, -0.1) is 0 Å². The SMILES string of the molecule is Nc1cc(C(F)(F)F)c(-c2nc(N3CCOCC3)c3c(n2)N2CCSC[C@H]2C3)cn1. The van der Waals surface area contributed by atoms with Crippen molar-refractivity contribution in [3.8, 4) is 11.4 Å². The zero-order chi connectivity index (χ0) is 20.9. The molecule has 0 unspecified atom stereocenters. The third-order valence-electron chi connectivity index (χ3n) is 5.68. The van der Waals surface area contributed by atoms with Crippen LogP contribution in [0.3, 0.4) is 0 Å². The van der Waals surface area contributed by atoms with Crippen molar-refractivity contribution in [2.45, 2.75) is 18.6 Å². The molecule has 0 amide bonds. The molecule has 2 aromatic rings. The molecule has 7 nitrogen and oxygen atoms in total. The Kier molecular flexibility index (Phi) is 4.89. The summed E-state index contributed by atoms with van der Waals surface area (Å²) >= 11 is 1.90. The highest BCUT2D eigenvalue weighted by Crippen LogP contribution is 2.42. The highest BCUT2D eigenvalue weighted by Gasteiger charge is 2.39. The Hall–Kier alpha value is -2.27. The predicted molar refractivity (Wildman–Crippen MR) is 110 cm³/mol. The van der Waals surface area contributed by atoms with E-state index in [4.69, 9.17) is 10.5 Å². The van der Waals surface area contributed by atoms with E-state index in [0.29, 0.717) is 38.2 Å². The Morgan fingerprint density at radius 2 is 1.90 bits per heavy atom. The predicted octanol–water partition coefficient (Wildman–Crippen LogP) is 2.45. The van der Waals surface area contributed by atoms with Gasteiger partial charge in [0.15, 0.2) is 5.82 Å². The molecule has 0 aromatic carbocycles. The highest BCUT2D eigenvalue weighted by atomic mass is 32.2. The Balaban J connectivity index is 1.68. The molecular weight excluding hydrogens is 417 g/mol. The molecule has 2 saturated heterocycles.